The Morgan fingerprint density at radius 1 is 1.33 bits per heavy atom. The smallest absolute Gasteiger partial charge is 0.0446 e. The van der Waals surface area contributed by atoms with Crippen LogP contribution in [0.3, 0.4) is 0 Å². The van der Waals surface area contributed by atoms with Gasteiger partial charge in [0, 0.05) is 37.8 Å². The number of nitrogens with zero attached hydrogens (tertiary/aromatic N) is 1. The number of nitrogens with one attached hydrogen (secondary N) is 1. The Kier molecular flexibility index (Phi) is 4.38. The molecule has 0 bridgehead atoms. The third kappa shape index (κ3) is 3.31. The molecule has 1 aromatic rings. The number of likely N-dealkylation sites (tertiary alicyclic amines) is 1. The van der Waals surface area contributed by atoms with Gasteiger partial charge in [0.1, 0.15) is 0 Å². The Morgan fingerprint density at radius 3 is 2.67 bits per heavy atom. The SMILES string of the molecule is CC(C)NC1(CN)CCN(Cc2ccccc2)C1. The highest BCUT2D eigenvalue weighted by Gasteiger charge is 2.36. The number of hydrogen-bond donors (Lipinski definition) is 2. The van der Waals surface area contributed by atoms with Crippen molar-refractivity contribution in [2.75, 3.05) is 19.6 Å². The molecule has 1 unspecified atom stereocenters. The van der Waals surface area contributed by atoms with Gasteiger partial charge in [-0.15, -0.1) is 0 Å². The van der Waals surface area contributed by atoms with E-state index in [0.29, 0.717) is 6.04 Å². The summed E-state index contributed by atoms with van der Waals surface area (Å²) in [5, 5.41) is 3.65. The van der Waals surface area contributed by atoms with Gasteiger partial charge in [0.25, 0.3) is 0 Å². The van der Waals surface area contributed by atoms with Crippen LogP contribution in [-0.4, -0.2) is 36.1 Å². The molecule has 3 N–H and O–H groups in total. The third-order valence-corrected chi connectivity index (χ3v) is 3.67. The summed E-state index contributed by atoms with van der Waals surface area (Å²) in [7, 11) is 0. The minimum Gasteiger partial charge on any atom is -0.329 e. The van der Waals surface area contributed by atoms with Gasteiger partial charge in [-0.3, -0.25) is 4.90 Å². The van der Waals surface area contributed by atoms with Crippen LogP contribution in [0.2, 0.25) is 0 Å². The molecule has 2 rings (SSSR count). The largest absolute Gasteiger partial charge is 0.329 e. The zero-order valence-electron chi connectivity index (χ0n) is 11.5. The Bertz CT molecular complexity index is 363. The predicted molar refractivity (Wildman–Crippen MR) is 76.4 cm³/mol. The maximum Gasteiger partial charge on any atom is 0.0446 e. The summed E-state index contributed by atoms with van der Waals surface area (Å²) in [6.07, 6.45) is 1.15. The molecule has 0 amide bonds. The summed E-state index contributed by atoms with van der Waals surface area (Å²) in [6, 6.07) is 11.2. The maximum absolute atomic E-state index is 5.98. The summed E-state index contributed by atoms with van der Waals surface area (Å²) < 4.78 is 0. The molecule has 1 atom stereocenters. The predicted octanol–water partition coefficient (Wildman–Crippen LogP) is 1.59. The Hall–Kier alpha value is -0.900. The van der Waals surface area contributed by atoms with Crippen LogP contribution in [0.15, 0.2) is 30.3 Å². The number of rotatable bonds is 5. The molecule has 3 nitrogen and oxygen atoms in total. The lowest BCUT2D eigenvalue weighted by Crippen LogP contribution is -2.55. The van der Waals surface area contributed by atoms with Crippen LogP contribution in [0.4, 0.5) is 0 Å². The molecule has 0 spiro atoms. The molecule has 18 heavy (non-hydrogen) atoms. The van der Waals surface area contributed by atoms with E-state index in [1.54, 1.807) is 0 Å². The summed E-state index contributed by atoms with van der Waals surface area (Å²) >= 11 is 0. The van der Waals surface area contributed by atoms with Crippen molar-refractivity contribution in [2.45, 2.75) is 38.4 Å². The Morgan fingerprint density at radius 2 is 2.06 bits per heavy atom. The van der Waals surface area contributed by atoms with E-state index >= 15 is 0 Å². The second kappa shape index (κ2) is 5.83. The molecule has 1 heterocycles. The van der Waals surface area contributed by atoms with Gasteiger partial charge < -0.3 is 11.1 Å². The van der Waals surface area contributed by atoms with E-state index in [-0.39, 0.29) is 5.54 Å². The van der Waals surface area contributed by atoms with Gasteiger partial charge >= 0.3 is 0 Å². The van der Waals surface area contributed by atoms with E-state index in [4.69, 9.17) is 5.73 Å². The van der Waals surface area contributed by atoms with Crippen molar-refractivity contribution in [3.05, 3.63) is 35.9 Å². The monoisotopic (exact) mass is 247 g/mol. The molecule has 0 saturated carbocycles. The van der Waals surface area contributed by atoms with Crippen LogP contribution >= 0.6 is 0 Å². The standard InChI is InChI=1S/C15H25N3/c1-13(2)17-15(11-16)8-9-18(12-15)10-14-6-4-3-5-7-14/h3-7,13,17H,8-12,16H2,1-2H3. The van der Waals surface area contributed by atoms with Gasteiger partial charge in [0.05, 0.1) is 0 Å². The molecule has 100 valence electrons. The molecule has 0 radical (unpaired) electrons. The van der Waals surface area contributed by atoms with Crippen molar-refractivity contribution in [1.82, 2.24) is 10.2 Å². The average Bonchev–Trinajstić information content (AvgIpc) is 2.73. The minimum atomic E-state index is 0.114. The average molecular weight is 247 g/mol. The van der Waals surface area contributed by atoms with Crippen LogP contribution in [0.25, 0.3) is 0 Å². The van der Waals surface area contributed by atoms with E-state index in [0.717, 1.165) is 32.6 Å². The van der Waals surface area contributed by atoms with Crippen LogP contribution in [0.5, 0.6) is 0 Å². The fourth-order valence-electron chi connectivity index (χ4n) is 2.89. The van der Waals surface area contributed by atoms with Crippen molar-refractivity contribution in [3.63, 3.8) is 0 Å². The number of hydrogen-bond acceptors (Lipinski definition) is 3. The van der Waals surface area contributed by atoms with Crippen LogP contribution < -0.4 is 11.1 Å². The number of nitrogens with two attached hydrogens (primary N) is 1. The van der Waals surface area contributed by atoms with Crippen molar-refractivity contribution < 1.29 is 0 Å². The first-order valence-corrected chi connectivity index (χ1v) is 6.88. The first-order valence-electron chi connectivity index (χ1n) is 6.88. The van der Waals surface area contributed by atoms with Crippen LogP contribution in [0, 0.1) is 0 Å². The zero-order chi connectivity index (χ0) is 13.0. The van der Waals surface area contributed by atoms with Crippen molar-refractivity contribution in [1.29, 1.82) is 0 Å². The van der Waals surface area contributed by atoms with Gasteiger partial charge in [-0.2, -0.15) is 0 Å². The first kappa shape index (κ1) is 13.5. The normalized spacial score (nSPS) is 24.9. The second-order valence-electron chi connectivity index (χ2n) is 5.73. The quantitative estimate of drug-likeness (QED) is 0.830. The van der Waals surface area contributed by atoms with Crippen molar-refractivity contribution >= 4 is 0 Å². The van der Waals surface area contributed by atoms with Crippen LogP contribution in [0.1, 0.15) is 25.8 Å². The second-order valence-corrected chi connectivity index (χ2v) is 5.73. The molecule has 1 saturated heterocycles. The van der Waals surface area contributed by atoms with Gasteiger partial charge in [0.2, 0.25) is 0 Å². The summed E-state index contributed by atoms with van der Waals surface area (Å²) in [6.45, 7) is 8.32. The van der Waals surface area contributed by atoms with Gasteiger partial charge in [-0.25, -0.2) is 0 Å². The van der Waals surface area contributed by atoms with Crippen molar-refractivity contribution in [3.8, 4) is 0 Å². The zero-order valence-corrected chi connectivity index (χ0v) is 11.5. The highest BCUT2D eigenvalue weighted by Crippen LogP contribution is 2.22. The molecule has 1 aromatic carbocycles. The van der Waals surface area contributed by atoms with E-state index in [1.807, 2.05) is 0 Å². The van der Waals surface area contributed by atoms with E-state index in [9.17, 15) is 0 Å². The van der Waals surface area contributed by atoms with Gasteiger partial charge in [-0.1, -0.05) is 44.2 Å². The van der Waals surface area contributed by atoms with E-state index < -0.39 is 0 Å². The Labute approximate surface area is 110 Å². The maximum atomic E-state index is 5.98. The molecule has 1 aliphatic rings. The lowest BCUT2D eigenvalue weighted by Gasteiger charge is -2.31. The Balaban J connectivity index is 1.94. The minimum absolute atomic E-state index is 0.114. The van der Waals surface area contributed by atoms with Gasteiger partial charge in [0.15, 0.2) is 0 Å². The molecular weight excluding hydrogens is 222 g/mol. The highest BCUT2D eigenvalue weighted by atomic mass is 15.2. The van der Waals surface area contributed by atoms with Crippen LogP contribution in [-0.2, 0) is 6.54 Å². The van der Waals surface area contributed by atoms with E-state index in [1.165, 1.54) is 5.56 Å². The number of benzene rings is 1. The lowest BCUT2D eigenvalue weighted by atomic mass is 9.98. The molecular formula is C15H25N3. The summed E-state index contributed by atoms with van der Waals surface area (Å²) in [5.41, 5.74) is 7.48. The molecule has 0 aliphatic carbocycles. The van der Waals surface area contributed by atoms with E-state index in [2.05, 4.69) is 54.4 Å². The lowest BCUT2D eigenvalue weighted by molar-refractivity contribution is 0.266. The molecule has 3 heteroatoms. The van der Waals surface area contributed by atoms with Gasteiger partial charge in [-0.05, 0) is 12.0 Å². The topological polar surface area (TPSA) is 41.3 Å². The van der Waals surface area contributed by atoms with Crippen molar-refractivity contribution in [2.24, 2.45) is 5.73 Å². The third-order valence-electron chi connectivity index (χ3n) is 3.67. The fraction of sp³-hybridized carbons (Fsp3) is 0.600. The highest BCUT2D eigenvalue weighted by molar-refractivity contribution is 5.15. The summed E-state index contributed by atoms with van der Waals surface area (Å²) in [5.74, 6) is 0. The molecule has 1 aliphatic heterocycles. The summed E-state index contributed by atoms with van der Waals surface area (Å²) in [4.78, 5) is 2.50. The first-order chi connectivity index (χ1) is 8.63. The molecule has 0 aromatic heterocycles. The fourth-order valence-corrected chi connectivity index (χ4v) is 2.89. The molecule has 1 fully saturated rings.